The van der Waals surface area contributed by atoms with Crippen molar-refractivity contribution in [1.29, 1.82) is 0 Å². The Morgan fingerprint density at radius 2 is 1.95 bits per heavy atom. The molecule has 0 spiro atoms. The lowest BCUT2D eigenvalue weighted by molar-refractivity contribution is 0.141. The maximum absolute atomic E-state index is 5.78. The number of halogens is 3. The van der Waals surface area contributed by atoms with Crippen molar-refractivity contribution < 1.29 is 4.42 Å². The average molecular weight is 372 g/mol. The number of hydrogen-bond donors (Lipinski definition) is 1. The van der Waals surface area contributed by atoms with Crippen molar-refractivity contribution in [1.82, 2.24) is 10.2 Å². The molecule has 0 amide bonds. The normalized spacial score (nSPS) is 21.3. The van der Waals surface area contributed by atoms with Crippen molar-refractivity contribution in [3.63, 3.8) is 0 Å². The van der Waals surface area contributed by atoms with Crippen molar-refractivity contribution in [2.75, 3.05) is 26.2 Å². The van der Waals surface area contributed by atoms with Crippen LogP contribution in [-0.2, 0) is 0 Å². The Kier molecular flexibility index (Phi) is 7.19. The Morgan fingerprint density at radius 1 is 1.26 bits per heavy atom. The van der Waals surface area contributed by atoms with Gasteiger partial charge in [0.15, 0.2) is 4.67 Å². The van der Waals surface area contributed by atoms with Gasteiger partial charge in [-0.3, -0.25) is 4.90 Å². The van der Waals surface area contributed by atoms with Crippen LogP contribution in [0.3, 0.4) is 0 Å². The molecule has 3 nitrogen and oxygen atoms in total. The van der Waals surface area contributed by atoms with Crippen molar-refractivity contribution in [2.45, 2.75) is 25.3 Å². The minimum Gasteiger partial charge on any atom is -0.453 e. The second kappa shape index (κ2) is 7.89. The monoisotopic (exact) mass is 370 g/mol. The number of piperazine rings is 1. The fourth-order valence-corrected chi connectivity index (χ4v) is 2.93. The zero-order chi connectivity index (χ0) is 11.7. The molecule has 1 aliphatic heterocycles. The standard InChI is InChI=1S/C13H19BrN2O.2ClH/c14-13-4-3-12(17-13)11(9-10-1-2-10)16-7-5-15-6-8-16;;/h3-4,10-11,15H,1-2,5-9H2;2*1H/t11-;;/m0../s1. The Morgan fingerprint density at radius 3 is 2.47 bits per heavy atom. The molecule has 0 aromatic carbocycles. The number of nitrogens with one attached hydrogen (secondary N) is 1. The lowest BCUT2D eigenvalue weighted by atomic mass is 10.1. The topological polar surface area (TPSA) is 28.4 Å². The van der Waals surface area contributed by atoms with E-state index in [1.54, 1.807) is 0 Å². The van der Waals surface area contributed by atoms with Crippen molar-refractivity contribution in [3.05, 3.63) is 22.6 Å². The van der Waals surface area contributed by atoms with Crippen LogP contribution in [0.5, 0.6) is 0 Å². The van der Waals surface area contributed by atoms with E-state index in [-0.39, 0.29) is 24.8 Å². The van der Waals surface area contributed by atoms with E-state index in [1.807, 2.05) is 6.07 Å². The van der Waals surface area contributed by atoms with E-state index < -0.39 is 0 Å². The summed E-state index contributed by atoms with van der Waals surface area (Å²) in [4.78, 5) is 2.57. The predicted molar refractivity (Wildman–Crippen MR) is 85.4 cm³/mol. The summed E-state index contributed by atoms with van der Waals surface area (Å²) in [5.74, 6) is 2.06. The molecule has 1 aliphatic carbocycles. The number of furan rings is 1. The van der Waals surface area contributed by atoms with E-state index in [2.05, 4.69) is 32.2 Å². The summed E-state index contributed by atoms with van der Waals surface area (Å²) in [7, 11) is 0. The predicted octanol–water partition coefficient (Wildman–Crippen LogP) is 3.63. The molecule has 3 rings (SSSR count). The highest BCUT2D eigenvalue weighted by Gasteiger charge is 2.31. The van der Waals surface area contributed by atoms with Crippen LogP contribution in [0.2, 0.25) is 0 Å². The molecule has 1 aromatic rings. The Labute approximate surface area is 135 Å². The summed E-state index contributed by atoms with van der Waals surface area (Å²) >= 11 is 3.41. The maximum atomic E-state index is 5.78. The first-order chi connectivity index (χ1) is 8.33. The molecular weight excluding hydrogens is 351 g/mol. The molecule has 19 heavy (non-hydrogen) atoms. The van der Waals surface area contributed by atoms with Gasteiger partial charge in [0.1, 0.15) is 5.76 Å². The number of rotatable bonds is 4. The van der Waals surface area contributed by atoms with Gasteiger partial charge in [0.2, 0.25) is 0 Å². The Balaban J connectivity index is 0.000000902. The molecule has 1 saturated heterocycles. The van der Waals surface area contributed by atoms with Crippen LogP contribution < -0.4 is 5.32 Å². The van der Waals surface area contributed by atoms with E-state index in [9.17, 15) is 0 Å². The zero-order valence-corrected chi connectivity index (χ0v) is 14.0. The molecule has 1 N–H and O–H groups in total. The van der Waals surface area contributed by atoms with Gasteiger partial charge >= 0.3 is 0 Å². The molecule has 110 valence electrons. The highest BCUT2D eigenvalue weighted by atomic mass is 79.9. The summed E-state index contributed by atoms with van der Waals surface area (Å²) in [6.45, 7) is 4.47. The summed E-state index contributed by atoms with van der Waals surface area (Å²) in [6, 6.07) is 4.62. The van der Waals surface area contributed by atoms with Crippen molar-refractivity contribution >= 4 is 40.7 Å². The second-order valence-corrected chi connectivity index (χ2v) is 5.90. The molecule has 1 saturated carbocycles. The van der Waals surface area contributed by atoms with Gasteiger partial charge in [-0.05, 0) is 40.4 Å². The summed E-state index contributed by atoms with van der Waals surface area (Å²) < 4.78 is 6.63. The third-order valence-electron chi connectivity index (χ3n) is 3.77. The van der Waals surface area contributed by atoms with E-state index in [4.69, 9.17) is 4.42 Å². The molecule has 0 radical (unpaired) electrons. The minimum atomic E-state index is 0. The largest absolute Gasteiger partial charge is 0.453 e. The first-order valence-corrected chi connectivity index (χ1v) is 7.32. The molecule has 2 heterocycles. The van der Waals surface area contributed by atoms with E-state index in [0.717, 1.165) is 42.5 Å². The average Bonchev–Trinajstić information content (AvgIpc) is 3.08. The van der Waals surface area contributed by atoms with Crippen LogP contribution in [0.25, 0.3) is 0 Å². The number of nitrogens with zero attached hydrogens (tertiary/aromatic N) is 1. The molecule has 1 atom stereocenters. The number of hydrogen-bond acceptors (Lipinski definition) is 3. The summed E-state index contributed by atoms with van der Waals surface area (Å²) in [5.41, 5.74) is 0. The molecule has 2 aliphatic rings. The van der Waals surface area contributed by atoms with Crippen LogP contribution in [0, 0.1) is 5.92 Å². The fraction of sp³-hybridized carbons (Fsp3) is 0.692. The van der Waals surface area contributed by atoms with Crippen LogP contribution >= 0.6 is 40.7 Å². The van der Waals surface area contributed by atoms with E-state index in [0.29, 0.717) is 6.04 Å². The van der Waals surface area contributed by atoms with Gasteiger partial charge in [-0.2, -0.15) is 0 Å². The van der Waals surface area contributed by atoms with E-state index >= 15 is 0 Å². The van der Waals surface area contributed by atoms with Gasteiger partial charge in [-0.1, -0.05) is 12.8 Å². The van der Waals surface area contributed by atoms with Gasteiger partial charge in [0, 0.05) is 26.2 Å². The molecule has 0 unspecified atom stereocenters. The van der Waals surface area contributed by atoms with Crippen molar-refractivity contribution in [2.24, 2.45) is 5.92 Å². The van der Waals surface area contributed by atoms with Gasteiger partial charge < -0.3 is 9.73 Å². The molecule has 6 heteroatoms. The van der Waals surface area contributed by atoms with Crippen molar-refractivity contribution in [3.8, 4) is 0 Å². The SMILES string of the molecule is Brc1ccc([C@H](CC2CC2)N2CCNCC2)o1.Cl.Cl. The maximum Gasteiger partial charge on any atom is 0.169 e. The Bertz CT molecular complexity index is 378. The van der Waals surface area contributed by atoms with Crippen LogP contribution in [0.1, 0.15) is 31.1 Å². The quantitative estimate of drug-likeness (QED) is 0.875. The van der Waals surface area contributed by atoms with Gasteiger partial charge in [-0.15, -0.1) is 24.8 Å². The molecular formula is C13H21BrCl2N2O. The third-order valence-corrected chi connectivity index (χ3v) is 4.19. The van der Waals surface area contributed by atoms with Crippen LogP contribution in [0.4, 0.5) is 0 Å². The third kappa shape index (κ3) is 4.64. The smallest absolute Gasteiger partial charge is 0.169 e. The van der Waals surface area contributed by atoms with Crippen LogP contribution in [-0.4, -0.2) is 31.1 Å². The van der Waals surface area contributed by atoms with Gasteiger partial charge in [0.05, 0.1) is 6.04 Å². The summed E-state index contributed by atoms with van der Waals surface area (Å²) in [6.07, 6.45) is 4.08. The second-order valence-electron chi connectivity index (χ2n) is 5.12. The van der Waals surface area contributed by atoms with Gasteiger partial charge in [-0.25, -0.2) is 0 Å². The first-order valence-electron chi connectivity index (χ1n) is 6.53. The Hall–Kier alpha value is 0.260. The van der Waals surface area contributed by atoms with Crippen LogP contribution in [0.15, 0.2) is 21.2 Å². The lowest BCUT2D eigenvalue weighted by Gasteiger charge is -2.33. The lowest BCUT2D eigenvalue weighted by Crippen LogP contribution is -2.45. The molecule has 2 fully saturated rings. The van der Waals surface area contributed by atoms with E-state index in [1.165, 1.54) is 19.3 Å². The molecule has 0 bridgehead atoms. The molecule has 1 aromatic heterocycles. The highest BCUT2D eigenvalue weighted by molar-refractivity contribution is 9.10. The van der Waals surface area contributed by atoms with Gasteiger partial charge in [0.25, 0.3) is 0 Å². The fourth-order valence-electron chi connectivity index (χ4n) is 2.62. The summed E-state index contributed by atoms with van der Waals surface area (Å²) in [5, 5.41) is 3.41. The highest BCUT2D eigenvalue weighted by Crippen LogP contribution is 2.40. The zero-order valence-electron chi connectivity index (χ0n) is 10.8. The minimum absolute atomic E-state index is 0. The first kappa shape index (κ1) is 17.3.